The molecule has 2 N–H and O–H groups in total. The summed E-state index contributed by atoms with van der Waals surface area (Å²) in [6.07, 6.45) is -1.37. The summed E-state index contributed by atoms with van der Waals surface area (Å²) < 4.78 is 26.7. The Bertz CT molecular complexity index is 517. The van der Waals surface area contributed by atoms with Gasteiger partial charge >= 0.3 is 0 Å². The molecule has 1 aromatic rings. The van der Waals surface area contributed by atoms with E-state index >= 15 is 0 Å². The lowest BCUT2D eigenvalue weighted by molar-refractivity contribution is 0.0599. The maximum atomic E-state index is 13.8. The summed E-state index contributed by atoms with van der Waals surface area (Å²) in [5, 5.41) is 12.5. The Morgan fingerprint density at radius 3 is 2.65 bits per heavy atom. The molecule has 3 nitrogen and oxygen atoms in total. The predicted octanol–water partition coefficient (Wildman–Crippen LogP) is 2.48. The van der Waals surface area contributed by atoms with E-state index in [0.717, 1.165) is 6.07 Å². The number of ketones is 1. The highest BCUT2D eigenvalue weighted by Crippen LogP contribution is 2.36. The van der Waals surface area contributed by atoms with E-state index < -0.39 is 33.5 Å². The summed E-state index contributed by atoms with van der Waals surface area (Å²) in [6.45, 7) is 3.16. The molecule has 0 bridgehead atoms. The Hall–Kier alpha value is -1.01. The number of anilines is 1. The molecule has 1 aliphatic heterocycles. The van der Waals surface area contributed by atoms with Gasteiger partial charge in [0.15, 0.2) is 11.6 Å². The highest BCUT2D eigenvalue weighted by atomic mass is 79.9. The molecule has 0 aliphatic carbocycles. The maximum absolute atomic E-state index is 13.8. The lowest BCUT2D eigenvalue weighted by Crippen LogP contribution is -2.52. The number of carbonyl (C=O) groups is 1. The van der Waals surface area contributed by atoms with Crippen LogP contribution >= 0.6 is 15.9 Å². The van der Waals surface area contributed by atoms with Crippen LogP contribution in [0.3, 0.4) is 0 Å². The van der Waals surface area contributed by atoms with Crippen LogP contribution < -0.4 is 5.32 Å². The number of hydrogen-bond acceptors (Lipinski definition) is 3. The van der Waals surface area contributed by atoms with Crippen LogP contribution in [-0.4, -0.2) is 22.5 Å². The van der Waals surface area contributed by atoms with E-state index in [1.807, 2.05) is 0 Å². The molecule has 0 spiro atoms. The number of benzene rings is 1. The molecule has 1 atom stereocenters. The molecule has 6 heteroatoms. The Labute approximate surface area is 105 Å². The minimum absolute atomic E-state index is 0.0588. The Morgan fingerprint density at radius 2 is 2.06 bits per heavy atom. The van der Waals surface area contributed by atoms with Gasteiger partial charge in [-0.1, -0.05) is 0 Å². The lowest BCUT2D eigenvalue weighted by atomic mass is 9.85. The smallest absolute Gasteiger partial charge is 0.198 e. The molecule has 0 radical (unpaired) electrons. The Morgan fingerprint density at radius 1 is 1.47 bits per heavy atom. The second-order valence-electron chi connectivity index (χ2n) is 4.52. The molecule has 2 rings (SSSR count). The lowest BCUT2D eigenvalue weighted by Gasteiger charge is -2.37. The molecule has 1 aliphatic rings. The molecule has 17 heavy (non-hydrogen) atoms. The highest BCUT2D eigenvalue weighted by Gasteiger charge is 2.42. The zero-order chi connectivity index (χ0) is 13.0. The first-order valence-corrected chi connectivity index (χ1v) is 5.73. The molecule has 0 saturated carbocycles. The fourth-order valence-electron chi connectivity index (χ4n) is 1.81. The number of fused-ring (bicyclic) bond motifs is 1. The number of rotatable bonds is 0. The molecular formula is C11H10BrF2NO2. The average Bonchev–Trinajstić information content (AvgIpc) is 2.22. The number of halogens is 3. The predicted molar refractivity (Wildman–Crippen MR) is 62.1 cm³/mol. The first kappa shape index (κ1) is 12.4. The largest absolute Gasteiger partial charge is 0.382 e. The third-order valence-corrected chi connectivity index (χ3v) is 3.52. The van der Waals surface area contributed by atoms with Crippen LogP contribution in [-0.2, 0) is 0 Å². The van der Waals surface area contributed by atoms with Crippen molar-refractivity contribution >= 4 is 27.4 Å². The van der Waals surface area contributed by atoms with Crippen LogP contribution in [0.2, 0.25) is 0 Å². The second-order valence-corrected chi connectivity index (χ2v) is 5.32. The van der Waals surface area contributed by atoms with Gasteiger partial charge in [-0.3, -0.25) is 4.79 Å². The summed E-state index contributed by atoms with van der Waals surface area (Å²) in [5.74, 6) is -2.54. The van der Waals surface area contributed by atoms with Crippen molar-refractivity contribution in [2.24, 2.45) is 0 Å². The number of hydrogen-bond donors (Lipinski definition) is 2. The van der Waals surface area contributed by atoms with E-state index in [-0.39, 0.29) is 11.3 Å². The normalized spacial score (nSPS) is 22.0. The van der Waals surface area contributed by atoms with Crippen LogP contribution in [0.15, 0.2) is 10.5 Å². The quantitative estimate of drug-likeness (QED) is 0.724. The van der Waals surface area contributed by atoms with Gasteiger partial charge in [-0.25, -0.2) is 8.78 Å². The third-order valence-electron chi connectivity index (χ3n) is 2.80. The molecule has 0 aromatic heterocycles. The number of carbonyl (C=O) groups excluding carboxylic acids is 1. The SMILES string of the molecule is CC1(C)Nc2cc(F)c(Br)c(F)c2C(=O)C1O. The summed E-state index contributed by atoms with van der Waals surface area (Å²) >= 11 is 2.72. The van der Waals surface area contributed by atoms with Crippen molar-refractivity contribution in [3.8, 4) is 0 Å². The van der Waals surface area contributed by atoms with Gasteiger partial charge < -0.3 is 10.4 Å². The molecule has 1 unspecified atom stereocenters. The van der Waals surface area contributed by atoms with Crippen LogP contribution in [0.25, 0.3) is 0 Å². The highest BCUT2D eigenvalue weighted by molar-refractivity contribution is 9.10. The molecule has 0 saturated heterocycles. The molecule has 0 fully saturated rings. The van der Waals surface area contributed by atoms with E-state index in [0.29, 0.717) is 0 Å². The molecular weight excluding hydrogens is 296 g/mol. The standard InChI is InChI=1S/C11H10BrF2NO2/c1-11(2)10(17)9(16)6-5(15-11)3-4(13)7(12)8(6)14/h3,10,15,17H,1-2H3. The Balaban J connectivity index is 2.70. The fraction of sp³-hybridized carbons (Fsp3) is 0.364. The van der Waals surface area contributed by atoms with Crippen LogP contribution in [0, 0.1) is 11.6 Å². The second kappa shape index (κ2) is 3.74. The van der Waals surface area contributed by atoms with Crippen molar-refractivity contribution < 1.29 is 18.7 Å². The first-order valence-electron chi connectivity index (χ1n) is 4.93. The molecule has 92 valence electrons. The number of aliphatic hydroxyl groups excluding tert-OH is 1. The van der Waals surface area contributed by atoms with Crippen molar-refractivity contribution in [3.05, 3.63) is 27.7 Å². The number of aliphatic hydroxyl groups is 1. The minimum atomic E-state index is -1.37. The van der Waals surface area contributed by atoms with Gasteiger partial charge in [0.2, 0.25) is 0 Å². The van der Waals surface area contributed by atoms with Crippen molar-refractivity contribution in [1.82, 2.24) is 0 Å². The number of Topliss-reactive ketones (excluding diaryl/α,β-unsaturated/α-hetero) is 1. The van der Waals surface area contributed by atoms with Gasteiger partial charge in [0.05, 0.1) is 21.3 Å². The van der Waals surface area contributed by atoms with E-state index in [2.05, 4.69) is 21.2 Å². The van der Waals surface area contributed by atoms with Gasteiger partial charge in [-0.05, 0) is 35.8 Å². The van der Waals surface area contributed by atoms with E-state index in [9.17, 15) is 18.7 Å². The van der Waals surface area contributed by atoms with Gasteiger partial charge in [0, 0.05) is 0 Å². The molecule has 1 heterocycles. The summed E-state index contributed by atoms with van der Waals surface area (Å²) in [6, 6.07) is 1.04. The van der Waals surface area contributed by atoms with Gasteiger partial charge in [0.1, 0.15) is 11.9 Å². The van der Waals surface area contributed by atoms with Gasteiger partial charge in [-0.15, -0.1) is 0 Å². The molecule has 1 aromatic carbocycles. The summed E-state index contributed by atoms with van der Waals surface area (Å²) in [5.41, 5.74) is -1.22. The van der Waals surface area contributed by atoms with Crippen molar-refractivity contribution in [3.63, 3.8) is 0 Å². The average molecular weight is 306 g/mol. The topological polar surface area (TPSA) is 49.3 Å². The maximum Gasteiger partial charge on any atom is 0.198 e. The zero-order valence-electron chi connectivity index (χ0n) is 9.14. The van der Waals surface area contributed by atoms with Gasteiger partial charge in [0.25, 0.3) is 0 Å². The Kier molecular flexibility index (Phi) is 2.74. The van der Waals surface area contributed by atoms with E-state index in [4.69, 9.17) is 0 Å². The first-order chi connectivity index (χ1) is 7.75. The third kappa shape index (κ3) is 1.75. The molecule has 0 amide bonds. The summed E-state index contributed by atoms with van der Waals surface area (Å²) in [7, 11) is 0. The van der Waals surface area contributed by atoms with Crippen molar-refractivity contribution in [2.75, 3.05) is 5.32 Å². The van der Waals surface area contributed by atoms with Crippen LogP contribution in [0.5, 0.6) is 0 Å². The number of nitrogens with one attached hydrogen (secondary N) is 1. The zero-order valence-corrected chi connectivity index (χ0v) is 10.7. The van der Waals surface area contributed by atoms with E-state index in [1.165, 1.54) is 0 Å². The monoisotopic (exact) mass is 305 g/mol. The minimum Gasteiger partial charge on any atom is -0.382 e. The fourth-order valence-corrected chi connectivity index (χ4v) is 2.13. The van der Waals surface area contributed by atoms with Gasteiger partial charge in [-0.2, -0.15) is 0 Å². The van der Waals surface area contributed by atoms with Crippen LogP contribution in [0.1, 0.15) is 24.2 Å². The van der Waals surface area contributed by atoms with E-state index in [1.54, 1.807) is 13.8 Å². The van der Waals surface area contributed by atoms with Crippen molar-refractivity contribution in [2.45, 2.75) is 25.5 Å². The van der Waals surface area contributed by atoms with Crippen molar-refractivity contribution in [1.29, 1.82) is 0 Å². The summed E-state index contributed by atoms with van der Waals surface area (Å²) in [4.78, 5) is 11.8. The van der Waals surface area contributed by atoms with Crippen LogP contribution in [0.4, 0.5) is 14.5 Å².